The minimum Gasteiger partial charge on any atom is -0.501 e. The lowest BCUT2D eigenvalue weighted by Gasteiger charge is -2.11. The molecular formula is C14H21N3O5. The van der Waals surface area contributed by atoms with E-state index in [1.165, 1.54) is 18.5 Å². The van der Waals surface area contributed by atoms with Gasteiger partial charge in [-0.2, -0.15) is 5.10 Å². The second-order valence-electron chi connectivity index (χ2n) is 4.62. The highest BCUT2D eigenvalue weighted by atomic mass is 16.5. The molecule has 0 aliphatic rings. The third kappa shape index (κ3) is 6.29. The molecule has 0 aliphatic heterocycles. The number of hydrogen-bond donors (Lipinski definition) is 2. The molecular weight excluding hydrogens is 290 g/mol. The Bertz CT molecular complexity index is 512. The zero-order valence-corrected chi connectivity index (χ0v) is 12.7. The second kappa shape index (κ2) is 9.43. The van der Waals surface area contributed by atoms with E-state index in [9.17, 15) is 9.59 Å². The summed E-state index contributed by atoms with van der Waals surface area (Å²) >= 11 is 0. The summed E-state index contributed by atoms with van der Waals surface area (Å²) in [6.07, 6.45) is 4.40. The molecule has 0 aromatic carbocycles. The number of nitrogens with one attached hydrogen (secondary N) is 1. The van der Waals surface area contributed by atoms with Crippen molar-refractivity contribution in [3.63, 3.8) is 0 Å². The number of ether oxygens (including phenoxy) is 3. The fourth-order valence-electron chi connectivity index (χ4n) is 1.45. The first kappa shape index (κ1) is 17.5. The first-order valence-corrected chi connectivity index (χ1v) is 6.95. The van der Waals surface area contributed by atoms with Crippen LogP contribution in [0.2, 0.25) is 0 Å². The van der Waals surface area contributed by atoms with Crippen molar-refractivity contribution >= 4 is 17.8 Å². The molecule has 8 heteroatoms. The number of aromatic nitrogens is 2. The van der Waals surface area contributed by atoms with Gasteiger partial charge < -0.3 is 19.9 Å². The molecule has 22 heavy (non-hydrogen) atoms. The average molecular weight is 311 g/mol. The van der Waals surface area contributed by atoms with Crippen LogP contribution >= 0.6 is 0 Å². The van der Waals surface area contributed by atoms with Crippen molar-refractivity contribution in [3.05, 3.63) is 24.1 Å². The summed E-state index contributed by atoms with van der Waals surface area (Å²) in [5.41, 5.74) is 5.73. The van der Waals surface area contributed by atoms with Gasteiger partial charge in [0, 0.05) is 0 Å². The van der Waals surface area contributed by atoms with Gasteiger partial charge in [0.05, 0.1) is 38.4 Å². The molecule has 8 nitrogen and oxygen atoms in total. The van der Waals surface area contributed by atoms with Crippen molar-refractivity contribution < 1.29 is 23.8 Å². The largest absolute Gasteiger partial charge is 0.501 e. The Morgan fingerprint density at radius 3 is 2.86 bits per heavy atom. The number of carbonyl (C=O) groups is 2. The summed E-state index contributed by atoms with van der Waals surface area (Å²) in [5, 5.41) is 6.10. The van der Waals surface area contributed by atoms with Crippen LogP contribution in [-0.4, -0.2) is 42.0 Å². The van der Waals surface area contributed by atoms with Crippen LogP contribution in [0.3, 0.4) is 0 Å². The highest BCUT2D eigenvalue weighted by molar-refractivity contribution is 5.93. The van der Waals surface area contributed by atoms with E-state index in [2.05, 4.69) is 10.2 Å². The van der Waals surface area contributed by atoms with Crippen molar-refractivity contribution in [1.82, 2.24) is 10.2 Å². The van der Waals surface area contributed by atoms with Crippen LogP contribution in [0, 0.1) is 5.92 Å². The van der Waals surface area contributed by atoms with E-state index in [1.807, 2.05) is 13.8 Å². The quantitative estimate of drug-likeness (QED) is 0.400. The molecule has 0 saturated heterocycles. The first-order valence-electron chi connectivity index (χ1n) is 6.95. The molecule has 1 rings (SSSR count). The van der Waals surface area contributed by atoms with Gasteiger partial charge in [0.1, 0.15) is 11.4 Å². The number of H-pyrrole nitrogens is 1. The van der Waals surface area contributed by atoms with Crippen LogP contribution in [0.25, 0.3) is 0 Å². The maximum atomic E-state index is 11.7. The average Bonchev–Trinajstić information content (AvgIpc) is 2.91. The lowest BCUT2D eigenvalue weighted by Crippen LogP contribution is -2.15. The number of rotatable bonds is 9. The molecule has 0 amide bonds. The van der Waals surface area contributed by atoms with Gasteiger partial charge >= 0.3 is 11.9 Å². The molecule has 0 aliphatic carbocycles. The predicted octanol–water partition coefficient (Wildman–Crippen LogP) is 1.27. The van der Waals surface area contributed by atoms with Gasteiger partial charge in [-0.05, 0) is 19.3 Å². The van der Waals surface area contributed by atoms with Gasteiger partial charge in [0.25, 0.3) is 0 Å². The summed E-state index contributed by atoms with van der Waals surface area (Å²) in [6.45, 7) is 4.64. The number of nitrogens with two attached hydrogens (primary N) is 1. The number of hydrogen-bond acceptors (Lipinski definition) is 7. The van der Waals surface area contributed by atoms with Gasteiger partial charge in [0.2, 0.25) is 0 Å². The molecule has 1 aromatic rings. The SMILES string of the molecule is CCO/C=C/C(=O)OCC[C@@H](C)COC(=O)c1cn[nH]c1N. The molecule has 0 saturated carbocycles. The van der Waals surface area contributed by atoms with E-state index in [4.69, 9.17) is 19.9 Å². The number of carbonyl (C=O) groups excluding carboxylic acids is 2. The van der Waals surface area contributed by atoms with Crippen LogP contribution in [0.15, 0.2) is 18.5 Å². The minimum atomic E-state index is -0.533. The highest BCUT2D eigenvalue weighted by Crippen LogP contribution is 2.10. The van der Waals surface area contributed by atoms with Crippen LogP contribution in [0.4, 0.5) is 5.82 Å². The monoisotopic (exact) mass is 311 g/mol. The topological polar surface area (TPSA) is 117 Å². The van der Waals surface area contributed by atoms with Crippen molar-refractivity contribution in [2.24, 2.45) is 5.92 Å². The van der Waals surface area contributed by atoms with Crippen molar-refractivity contribution in [2.75, 3.05) is 25.6 Å². The Morgan fingerprint density at radius 1 is 1.45 bits per heavy atom. The Morgan fingerprint density at radius 2 is 2.23 bits per heavy atom. The molecule has 3 N–H and O–H groups in total. The van der Waals surface area contributed by atoms with Gasteiger partial charge in [-0.15, -0.1) is 0 Å². The minimum absolute atomic E-state index is 0.0424. The number of nitrogen functional groups attached to an aromatic ring is 1. The molecule has 1 atom stereocenters. The number of aromatic amines is 1. The molecule has 1 aromatic heterocycles. The summed E-state index contributed by atoms with van der Waals surface area (Å²) in [7, 11) is 0. The van der Waals surface area contributed by atoms with E-state index in [-0.39, 0.29) is 30.5 Å². The van der Waals surface area contributed by atoms with Gasteiger partial charge in [-0.25, -0.2) is 9.59 Å². The van der Waals surface area contributed by atoms with Gasteiger partial charge in [-0.3, -0.25) is 5.10 Å². The summed E-state index contributed by atoms with van der Waals surface area (Å²) in [6, 6.07) is 0. The van der Waals surface area contributed by atoms with Gasteiger partial charge in [-0.1, -0.05) is 6.92 Å². The summed E-state index contributed by atoms with van der Waals surface area (Å²) in [5.74, 6) is -0.785. The fraction of sp³-hybridized carbons (Fsp3) is 0.500. The second-order valence-corrected chi connectivity index (χ2v) is 4.62. The molecule has 0 bridgehead atoms. The van der Waals surface area contributed by atoms with Crippen LogP contribution in [0.1, 0.15) is 30.6 Å². The highest BCUT2D eigenvalue weighted by Gasteiger charge is 2.14. The smallest absolute Gasteiger partial charge is 0.343 e. The molecule has 0 fully saturated rings. The molecule has 0 unspecified atom stereocenters. The molecule has 0 radical (unpaired) electrons. The maximum Gasteiger partial charge on any atom is 0.343 e. The fourth-order valence-corrected chi connectivity index (χ4v) is 1.45. The zero-order valence-electron chi connectivity index (χ0n) is 12.7. The number of anilines is 1. The summed E-state index contributed by atoms with van der Waals surface area (Å²) < 4.78 is 15.0. The zero-order chi connectivity index (χ0) is 16.4. The van der Waals surface area contributed by atoms with Crippen molar-refractivity contribution in [1.29, 1.82) is 0 Å². The van der Waals surface area contributed by atoms with Crippen molar-refractivity contribution in [2.45, 2.75) is 20.3 Å². The van der Waals surface area contributed by atoms with Crippen LogP contribution in [0.5, 0.6) is 0 Å². The molecule has 122 valence electrons. The number of esters is 2. The molecule has 0 spiro atoms. The Hall–Kier alpha value is -2.51. The normalized spacial score (nSPS) is 12.1. The predicted molar refractivity (Wildman–Crippen MR) is 78.8 cm³/mol. The third-order valence-electron chi connectivity index (χ3n) is 2.71. The Labute approximate surface area is 128 Å². The van der Waals surface area contributed by atoms with Crippen LogP contribution in [-0.2, 0) is 19.0 Å². The summed E-state index contributed by atoms with van der Waals surface area (Å²) in [4.78, 5) is 22.9. The van der Waals surface area contributed by atoms with E-state index in [0.29, 0.717) is 13.0 Å². The Kier molecular flexibility index (Phi) is 7.52. The standard InChI is InChI=1S/C14H21N3O5/c1-3-20-6-5-12(18)21-7-4-10(2)9-22-14(19)11-8-16-17-13(11)15/h5-6,8,10H,3-4,7,9H2,1-2H3,(H3,15,16,17)/b6-5+/t10-/m1/s1. The maximum absolute atomic E-state index is 11.7. The van der Waals surface area contributed by atoms with E-state index >= 15 is 0 Å². The van der Waals surface area contributed by atoms with Gasteiger partial charge in [0.15, 0.2) is 0 Å². The Balaban J connectivity index is 2.18. The lowest BCUT2D eigenvalue weighted by molar-refractivity contribution is -0.138. The van der Waals surface area contributed by atoms with Crippen molar-refractivity contribution in [3.8, 4) is 0 Å². The number of nitrogens with zero attached hydrogens (tertiary/aromatic N) is 1. The lowest BCUT2D eigenvalue weighted by atomic mass is 10.1. The van der Waals surface area contributed by atoms with E-state index in [1.54, 1.807) is 0 Å². The third-order valence-corrected chi connectivity index (χ3v) is 2.71. The molecule has 1 heterocycles. The van der Waals surface area contributed by atoms with E-state index < -0.39 is 11.9 Å². The van der Waals surface area contributed by atoms with Crippen LogP contribution < -0.4 is 5.73 Å². The first-order chi connectivity index (χ1) is 10.5. The van der Waals surface area contributed by atoms with E-state index in [0.717, 1.165) is 0 Å².